The molecule has 0 unspecified atom stereocenters. The van der Waals surface area contributed by atoms with Crippen LogP contribution in [0.2, 0.25) is 5.02 Å². The lowest BCUT2D eigenvalue weighted by Gasteiger charge is -2.55. The van der Waals surface area contributed by atoms with Gasteiger partial charge in [0.1, 0.15) is 0 Å². The van der Waals surface area contributed by atoms with E-state index in [9.17, 15) is 14.4 Å². The fourth-order valence-corrected chi connectivity index (χ4v) is 6.03. The number of nitrogens with one attached hydrogen (secondary N) is 3. The summed E-state index contributed by atoms with van der Waals surface area (Å²) in [5.74, 6) is 1.64. The van der Waals surface area contributed by atoms with Crippen molar-refractivity contribution in [3.05, 3.63) is 34.9 Å². The Hall–Kier alpha value is -2.08. The molecule has 29 heavy (non-hydrogen) atoms. The average molecular weight is 418 g/mol. The summed E-state index contributed by atoms with van der Waals surface area (Å²) < 4.78 is 0. The number of hydrogen-bond donors (Lipinski definition) is 3. The molecule has 0 spiro atoms. The molecule has 0 radical (unpaired) electrons. The Morgan fingerprint density at radius 3 is 2.03 bits per heavy atom. The number of hydrazine groups is 1. The summed E-state index contributed by atoms with van der Waals surface area (Å²) in [4.78, 5) is 36.7. The van der Waals surface area contributed by atoms with Gasteiger partial charge in [0.2, 0.25) is 17.7 Å². The van der Waals surface area contributed by atoms with Crippen LogP contribution in [0.25, 0.3) is 0 Å². The Morgan fingerprint density at radius 2 is 1.45 bits per heavy atom. The van der Waals surface area contributed by atoms with E-state index in [4.69, 9.17) is 11.6 Å². The SMILES string of the molecule is O=C(CCNC(=O)C12CC3CC(CC(C3)C1)C2)NNC(=O)Cc1ccc(Cl)cc1. The number of carbonyl (C=O) groups excluding carboxylic acids is 3. The normalized spacial score (nSPS) is 29.3. The topological polar surface area (TPSA) is 87.3 Å². The standard InChI is InChI=1S/C22H28ClN3O3/c23-18-3-1-14(2-4-18)10-20(28)26-25-19(27)5-6-24-21(29)22-11-15-7-16(12-22)9-17(8-15)13-22/h1-4,15-17H,5-13H2,(H,24,29)(H,25,27)(H,26,28). The third kappa shape index (κ3) is 4.74. The molecule has 7 heteroatoms. The van der Waals surface area contributed by atoms with Gasteiger partial charge in [-0.05, 0) is 74.0 Å². The van der Waals surface area contributed by atoms with E-state index in [2.05, 4.69) is 16.2 Å². The van der Waals surface area contributed by atoms with E-state index in [1.165, 1.54) is 19.3 Å². The molecule has 4 bridgehead atoms. The lowest BCUT2D eigenvalue weighted by molar-refractivity contribution is -0.146. The predicted molar refractivity (Wildman–Crippen MR) is 110 cm³/mol. The molecule has 4 aliphatic carbocycles. The van der Waals surface area contributed by atoms with Crippen LogP contribution in [0.3, 0.4) is 0 Å². The van der Waals surface area contributed by atoms with Crippen molar-refractivity contribution < 1.29 is 14.4 Å². The molecular weight excluding hydrogens is 390 g/mol. The van der Waals surface area contributed by atoms with Gasteiger partial charge in [0.05, 0.1) is 6.42 Å². The molecule has 3 amide bonds. The van der Waals surface area contributed by atoms with Crippen LogP contribution in [-0.4, -0.2) is 24.3 Å². The first-order valence-corrected chi connectivity index (χ1v) is 10.9. The molecule has 5 rings (SSSR count). The maximum Gasteiger partial charge on any atom is 0.242 e. The van der Waals surface area contributed by atoms with Gasteiger partial charge in [-0.3, -0.25) is 25.2 Å². The van der Waals surface area contributed by atoms with Gasteiger partial charge in [-0.15, -0.1) is 0 Å². The third-order valence-electron chi connectivity index (χ3n) is 6.78. The number of hydrogen-bond acceptors (Lipinski definition) is 3. The fourth-order valence-electron chi connectivity index (χ4n) is 5.90. The average Bonchev–Trinajstić information content (AvgIpc) is 2.67. The zero-order chi connectivity index (χ0) is 20.4. The summed E-state index contributed by atoms with van der Waals surface area (Å²) in [6.45, 7) is 0.291. The zero-order valence-corrected chi connectivity index (χ0v) is 17.3. The van der Waals surface area contributed by atoms with Crippen LogP contribution in [0.1, 0.15) is 50.5 Å². The molecule has 0 aliphatic heterocycles. The minimum atomic E-state index is -0.319. The molecule has 0 atom stereocenters. The zero-order valence-electron chi connectivity index (χ0n) is 16.5. The van der Waals surface area contributed by atoms with Crippen molar-refractivity contribution in [2.75, 3.05) is 6.54 Å². The Balaban J connectivity index is 1.16. The molecule has 1 aromatic rings. The van der Waals surface area contributed by atoms with E-state index >= 15 is 0 Å². The van der Waals surface area contributed by atoms with Gasteiger partial charge in [-0.1, -0.05) is 23.7 Å². The van der Waals surface area contributed by atoms with E-state index in [-0.39, 0.29) is 36.0 Å². The first-order valence-electron chi connectivity index (χ1n) is 10.5. The molecule has 156 valence electrons. The number of amides is 3. The Kier molecular flexibility index (Phi) is 5.81. The molecule has 3 N–H and O–H groups in total. The second-order valence-electron chi connectivity index (χ2n) is 9.10. The van der Waals surface area contributed by atoms with Crippen molar-refractivity contribution >= 4 is 29.3 Å². The summed E-state index contributed by atoms with van der Waals surface area (Å²) >= 11 is 5.82. The highest BCUT2D eigenvalue weighted by Crippen LogP contribution is 2.60. The van der Waals surface area contributed by atoms with Crippen LogP contribution in [0.5, 0.6) is 0 Å². The van der Waals surface area contributed by atoms with Crippen molar-refractivity contribution in [2.24, 2.45) is 23.2 Å². The summed E-state index contributed by atoms with van der Waals surface area (Å²) in [6.07, 6.45) is 7.22. The highest BCUT2D eigenvalue weighted by atomic mass is 35.5. The molecule has 4 aliphatic rings. The molecule has 6 nitrogen and oxygen atoms in total. The van der Waals surface area contributed by atoms with Crippen LogP contribution in [0.15, 0.2) is 24.3 Å². The van der Waals surface area contributed by atoms with E-state index < -0.39 is 0 Å². The summed E-state index contributed by atoms with van der Waals surface area (Å²) in [7, 11) is 0. The summed E-state index contributed by atoms with van der Waals surface area (Å²) in [5, 5.41) is 3.59. The monoisotopic (exact) mass is 417 g/mol. The van der Waals surface area contributed by atoms with Crippen molar-refractivity contribution in [1.29, 1.82) is 0 Å². The molecule has 1 aromatic carbocycles. The molecule has 4 fully saturated rings. The number of halogens is 1. The van der Waals surface area contributed by atoms with E-state index in [1.807, 2.05) is 0 Å². The highest BCUT2D eigenvalue weighted by molar-refractivity contribution is 6.30. The van der Waals surface area contributed by atoms with E-state index in [0.717, 1.165) is 24.8 Å². The van der Waals surface area contributed by atoms with E-state index in [0.29, 0.717) is 29.3 Å². The Morgan fingerprint density at radius 1 is 0.897 bits per heavy atom. The Labute approximate surface area is 176 Å². The third-order valence-corrected chi connectivity index (χ3v) is 7.03. The molecule has 0 heterocycles. The lowest BCUT2D eigenvalue weighted by atomic mass is 9.49. The lowest BCUT2D eigenvalue weighted by Crippen LogP contribution is -2.54. The highest BCUT2D eigenvalue weighted by Gasteiger charge is 2.54. The first kappa shape index (κ1) is 20.2. The van der Waals surface area contributed by atoms with Crippen molar-refractivity contribution in [1.82, 2.24) is 16.2 Å². The van der Waals surface area contributed by atoms with Crippen molar-refractivity contribution in [2.45, 2.75) is 51.4 Å². The minimum absolute atomic E-state index is 0.121. The second kappa shape index (κ2) is 8.34. The van der Waals surface area contributed by atoms with Crippen molar-refractivity contribution in [3.63, 3.8) is 0 Å². The molecular formula is C22H28ClN3O3. The van der Waals surface area contributed by atoms with Gasteiger partial charge in [-0.2, -0.15) is 0 Å². The summed E-state index contributed by atoms with van der Waals surface area (Å²) in [6, 6.07) is 6.97. The predicted octanol–water partition coefficient (Wildman–Crippen LogP) is 2.75. The number of benzene rings is 1. The van der Waals surface area contributed by atoms with Gasteiger partial charge >= 0.3 is 0 Å². The quantitative estimate of drug-likeness (QED) is 0.622. The fraction of sp³-hybridized carbons (Fsp3) is 0.591. The van der Waals surface area contributed by atoms with Crippen LogP contribution in [0, 0.1) is 23.2 Å². The number of rotatable bonds is 6. The van der Waals surface area contributed by atoms with Crippen LogP contribution >= 0.6 is 11.6 Å². The van der Waals surface area contributed by atoms with Crippen LogP contribution in [0.4, 0.5) is 0 Å². The van der Waals surface area contributed by atoms with E-state index in [1.54, 1.807) is 24.3 Å². The maximum atomic E-state index is 12.8. The number of carbonyl (C=O) groups is 3. The first-order chi connectivity index (χ1) is 13.9. The molecule has 0 saturated heterocycles. The van der Waals surface area contributed by atoms with Gasteiger partial charge in [0.15, 0.2) is 0 Å². The maximum absolute atomic E-state index is 12.8. The van der Waals surface area contributed by atoms with Crippen LogP contribution in [-0.2, 0) is 20.8 Å². The second-order valence-corrected chi connectivity index (χ2v) is 9.54. The van der Waals surface area contributed by atoms with Gasteiger partial charge in [-0.25, -0.2) is 0 Å². The van der Waals surface area contributed by atoms with Crippen molar-refractivity contribution in [3.8, 4) is 0 Å². The largest absolute Gasteiger partial charge is 0.355 e. The van der Waals surface area contributed by atoms with Gasteiger partial charge in [0.25, 0.3) is 0 Å². The van der Waals surface area contributed by atoms with Gasteiger partial charge < -0.3 is 5.32 Å². The van der Waals surface area contributed by atoms with Crippen LogP contribution < -0.4 is 16.2 Å². The molecule has 0 aromatic heterocycles. The van der Waals surface area contributed by atoms with Gasteiger partial charge in [0, 0.05) is 23.4 Å². The smallest absolute Gasteiger partial charge is 0.242 e. The Bertz CT molecular complexity index is 758. The minimum Gasteiger partial charge on any atom is -0.355 e. The summed E-state index contributed by atoms with van der Waals surface area (Å²) in [5.41, 5.74) is 5.43. The molecule has 4 saturated carbocycles.